The summed E-state index contributed by atoms with van der Waals surface area (Å²) in [6, 6.07) is 0. The molecule has 44 valence electrons. The normalized spacial score (nSPS) is 9.75. The van der Waals surface area contributed by atoms with E-state index >= 15 is 0 Å². The van der Waals surface area contributed by atoms with Crippen LogP contribution in [0.3, 0.4) is 0 Å². The molecule has 0 N–H and O–H groups in total. The van der Waals surface area contributed by atoms with Gasteiger partial charge in [-0.1, -0.05) is 12.1 Å². The monoisotopic (exact) mass is 223 g/mol. The van der Waals surface area contributed by atoms with Gasteiger partial charge in [-0.25, -0.2) is 0 Å². The average Bonchev–Trinajstić information content (AvgIpc) is 2.14. The zero-order valence-electron chi connectivity index (χ0n) is 4.52. The first-order valence-electron chi connectivity index (χ1n) is 2.43. The minimum Gasteiger partial charge on any atom is -0.360 e. The molecule has 0 aromatic carbocycles. The van der Waals surface area contributed by atoms with E-state index in [0.29, 0.717) is 0 Å². The molecule has 0 saturated heterocycles. The van der Waals surface area contributed by atoms with Crippen LogP contribution in [-0.4, -0.2) is 5.16 Å². The average molecular weight is 223 g/mol. The Labute approximate surface area is 61.4 Å². The van der Waals surface area contributed by atoms with E-state index in [-0.39, 0.29) is 0 Å². The molecule has 0 spiro atoms. The van der Waals surface area contributed by atoms with Crippen molar-refractivity contribution >= 4 is 22.6 Å². The highest BCUT2D eigenvalue weighted by Crippen LogP contribution is 2.09. The maximum absolute atomic E-state index is 4.86. The molecule has 0 radical (unpaired) electrons. The molecule has 1 aromatic rings. The first-order chi connectivity index (χ1) is 3.84. The predicted molar refractivity (Wildman–Crippen MR) is 38.6 cm³/mol. The second-order valence-corrected chi connectivity index (χ2v) is 2.61. The highest BCUT2D eigenvalue weighted by Gasteiger charge is 1.98. The number of aromatic nitrogens is 1. The molecule has 0 saturated carbocycles. The van der Waals surface area contributed by atoms with Crippen LogP contribution in [0.1, 0.15) is 12.7 Å². The third-order valence-electron chi connectivity index (χ3n) is 0.916. The molecular weight excluding hydrogens is 217 g/mol. The third-order valence-corrected chi connectivity index (χ3v) is 1.80. The number of halogens is 1. The lowest BCUT2D eigenvalue weighted by atomic mass is 10.4. The number of nitrogens with zero attached hydrogens (tertiary/aromatic N) is 1. The van der Waals surface area contributed by atoms with Crippen LogP contribution in [-0.2, 0) is 6.42 Å². The van der Waals surface area contributed by atoms with Gasteiger partial charge < -0.3 is 4.52 Å². The lowest BCUT2D eigenvalue weighted by Gasteiger charge is -1.82. The maximum atomic E-state index is 4.86. The summed E-state index contributed by atoms with van der Waals surface area (Å²) in [7, 11) is 0. The Hall–Kier alpha value is -0.0600. The summed E-state index contributed by atoms with van der Waals surface area (Å²) in [5, 5.41) is 3.61. The van der Waals surface area contributed by atoms with Gasteiger partial charge in [0, 0.05) is 6.42 Å². The van der Waals surface area contributed by atoms with Crippen LogP contribution in [0.15, 0.2) is 10.7 Å². The SMILES string of the molecule is CCc1oncc1I. The van der Waals surface area contributed by atoms with Gasteiger partial charge in [0.25, 0.3) is 0 Å². The molecule has 0 aliphatic heterocycles. The molecule has 0 atom stereocenters. The van der Waals surface area contributed by atoms with Crippen molar-refractivity contribution in [2.45, 2.75) is 13.3 Å². The molecule has 0 unspecified atom stereocenters. The van der Waals surface area contributed by atoms with Gasteiger partial charge in [0.05, 0.1) is 9.77 Å². The lowest BCUT2D eigenvalue weighted by Crippen LogP contribution is -1.74. The summed E-state index contributed by atoms with van der Waals surface area (Å²) in [5.74, 6) is 0.977. The fourth-order valence-electron chi connectivity index (χ4n) is 0.485. The van der Waals surface area contributed by atoms with Gasteiger partial charge in [-0.3, -0.25) is 0 Å². The molecule has 0 amide bonds. The molecule has 8 heavy (non-hydrogen) atoms. The second-order valence-electron chi connectivity index (χ2n) is 1.45. The van der Waals surface area contributed by atoms with Crippen LogP contribution in [0.25, 0.3) is 0 Å². The second kappa shape index (κ2) is 2.48. The number of hydrogen-bond donors (Lipinski definition) is 0. The Balaban J connectivity index is 2.92. The van der Waals surface area contributed by atoms with Crippen LogP contribution < -0.4 is 0 Å². The first kappa shape index (κ1) is 6.07. The van der Waals surface area contributed by atoms with Crippen molar-refractivity contribution < 1.29 is 4.52 Å². The summed E-state index contributed by atoms with van der Waals surface area (Å²) in [5.41, 5.74) is 0. The standard InChI is InChI=1S/C5H6INO/c1-2-5-4(6)3-7-8-5/h3H,2H2,1H3. The minimum atomic E-state index is 0.929. The smallest absolute Gasteiger partial charge is 0.149 e. The fraction of sp³-hybridized carbons (Fsp3) is 0.400. The van der Waals surface area contributed by atoms with Gasteiger partial charge in [-0.2, -0.15) is 0 Å². The van der Waals surface area contributed by atoms with Crippen LogP contribution in [0.5, 0.6) is 0 Å². The topological polar surface area (TPSA) is 26.0 Å². The van der Waals surface area contributed by atoms with E-state index in [1.54, 1.807) is 6.20 Å². The third kappa shape index (κ3) is 1.02. The number of aryl methyl sites for hydroxylation is 1. The van der Waals surface area contributed by atoms with Crippen molar-refractivity contribution in [3.05, 3.63) is 15.5 Å². The van der Waals surface area contributed by atoms with E-state index in [0.717, 1.165) is 15.8 Å². The van der Waals surface area contributed by atoms with Gasteiger partial charge in [0.1, 0.15) is 5.76 Å². The molecule has 0 bridgehead atoms. The molecule has 1 heterocycles. The van der Waals surface area contributed by atoms with Crippen molar-refractivity contribution in [3.8, 4) is 0 Å². The number of hydrogen-bond acceptors (Lipinski definition) is 2. The van der Waals surface area contributed by atoms with E-state index in [1.807, 2.05) is 6.92 Å². The molecule has 2 nitrogen and oxygen atoms in total. The fourth-order valence-corrected chi connectivity index (χ4v) is 1.08. The molecule has 0 fully saturated rings. The summed E-state index contributed by atoms with van der Waals surface area (Å²) >= 11 is 2.20. The highest BCUT2D eigenvalue weighted by molar-refractivity contribution is 14.1. The van der Waals surface area contributed by atoms with Gasteiger partial charge >= 0.3 is 0 Å². The predicted octanol–water partition coefficient (Wildman–Crippen LogP) is 1.84. The van der Waals surface area contributed by atoms with Crippen molar-refractivity contribution in [2.75, 3.05) is 0 Å². The quantitative estimate of drug-likeness (QED) is 0.679. The van der Waals surface area contributed by atoms with E-state index < -0.39 is 0 Å². The molecule has 1 aromatic heterocycles. The van der Waals surface area contributed by atoms with Crippen molar-refractivity contribution in [1.29, 1.82) is 0 Å². The molecule has 3 heteroatoms. The van der Waals surface area contributed by atoms with E-state index in [4.69, 9.17) is 4.52 Å². The summed E-state index contributed by atoms with van der Waals surface area (Å²) in [6.07, 6.45) is 2.65. The Morgan fingerprint density at radius 3 is 2.88 bits per heavy atom. The van der Waals surface area contributed by atoms with Gasteiger partial charge in [-0.05, 0) is 22.6 Å². The Morgan fingerprint density at radius 2 is 2.62 bits per heavy atom. The highest BCUT2D eigenvalue weighted by atomic mass is 127. The Morgan fingerprint density at radius 1 is 1.88 bits per heavy atom. The summed E-state index contributed by atoms with van der Waals surface area (Å²) < 4.78 is 5.97. The van der Waals surface area contributed by atoms with Gasteiger partial charge in [-0.15, -0.1) is 0 Å². The van der Waals surface area contributed by atoms with Crippen LogP contribution in [0, 0.1) is 3.57 Å². The van der Waals surface area contributed by atoms with E-state index in [2.05, 4.69) is 27.7 Å². The van der Waals surface area contributed by atoms with Crippen LogP contribution in [0.2, 0.25) is 0 Å². The lowest BCUT2D eigenvalue weighted by molar-refractivity contribution is 0.386. The molecule has 0 aliphatic rings. The van der Waals surface area contributed by atoms with Gasteiger partial charge in [0.2, 0.25) is 0 Å². The van der Waals surface area contributed by atoms with E-state index in [9.17, 15) is 0 Å². The zero-order valence-corrected chi connectivity index (χ0v) is 6.68. The van der Waals surface area contributed by atoms with Crippen LogP contribution >= 0.6 is 22.6 Å². The number of rotatable bonds is 1. The zero-order chi connectivity index (χ0) is 5.98. The summed E-state index contributed by atoms with van der Waals surface area (Å²) in [4.78, 5) is 0. The summed E-state index contributed by atoms with van der Waals surface area (Å²) in [6.45, 7) is 2.04. The molecule has 1 rings (SSSR count). The van der Waals surface area contributed by atoms with Gasteiger partial charge in [0.15, 0.2) is 0 Å². The van der Waals surface area contributed by atoms with E-state index in [1.165, 1.54) is 0 Å². The minimum absolute atomic E-state index is 0.929. The first-order valence-corrected chi connectivity index (χ1v) is 3.51. The maximum Gasteiger partial charge on any atom is 0.149 e. The van der Waals surface area contributed by atoms with Crippen molar-refractivity contribution in [1.82, 2.24) is 5.16 Å². The van der Waals surface area contributed by atoms with Crippen molar-refractivity contribution in [3.63, 3.8) is 0 Å². The largest absolute Gasteiger partial charge is 0.360 e. The Bertz CT molecular complexity index is 173. The Kier molecular flexibility index (Phi) is 1.88. The van der Waals surface area contributed by atoms with Crippen molar-refractivity contribution in [2.24, 2.45) is 0 Å². The molecular formula is C5H6INO. The molecule has 0 aliphatic carbocycles. The van der Waals surface area contributed by atoms with Crippen LogP contribution in [0.4, 0.5) is 0 Å².